The third kappa shape index (κ3) is 3.47. The van der Waals surface area contributed by atoms with Gasteiger partial charge in [-0.05, 0) is 30.5 Å². The van der Waals surface area contributed by atoms with Gasteiger partial charge in [-0.1, -0.05) is 12.1 Å². The van der Waals surface area contributed by atoms with Crippen LogP contribution in [0, 0.1) is 19.7 Å². The average molecular weight is 312 g/mol. The smallest absolute Gasteiger partial charge is 0.327 e. The summed E-state index contributed by atoms with van der Waals surface area (Å²) in [5.74, 6) is -0.475. The van der Waals surface area contributed by atoms with Gasteiger partial charge in [0.15, 0.2) is 0 Å². The molecular formula is C14H17FN2O3S. The predicted octanol–water partition coefficient (Wildman–Crippen LogP) is 2.11. The molecule has 0 aliphatic carbocycles. The predicted molar refractivity (Wildman–Crippen MR) is 78.7 cm³/mol. The number of benzene rings is 1. The van der Waals surface area contributed by atoms with Crippen LogP contribution in [0.2, 0.25) is 0 Å². The van der Waals surface area contributed by atoms with Crippen molar-refractivity contribution in [1.29, 1.82) is 0 Å². The van der Waals surface area contributed by atoms with Gasteiger partial charge in [-0.25, -0.2) is 14.0 Å². The number of hydrogen-bond donors (Lipinski definition) is 2. The van der Waals surface area contributed by atoms with Gasteiger partial charge in [0.1, 0.15) is 11.9 Å². The maximum atomic E-state index is 13.5. The largest absolute Gasteiger partial charge is 0.480 e. The molecular weight excluding hydrogens is 295 g/mol. The zero-order chi connectivity index (χ0) is 15.6. The van der Waals surface area contributed by atoms with Crippen LogP contribution in [0.15, 0.2) is 12.1 Å². The number of aliphatic carboxylic acids is 1. The van der Waals surface area contributed by atoms with Crippen LogP contribution in [0.1, 0.15) is 16.7 Å². The van der Waals surface area contributed by atoms with Crippen molar-refractivity contribution >= 4 is 23.8 Å². The zero-order valence-electron chi connectivity index (χ0n) is 11.9. The Morgan fingerprint density at radius 1 is 1.43 bits per heavy atom. The molecule has 0 radical (unpaired) electrons. The quantitative estimate of drug-likeness (QED) is 0.897. The lowest BCUT2D eigenvalue weighted by Crippen LogP contribution is -2.46. The van der Waals surface area contributed by atoms with Crippen LogP contribution >= 0.6 is 11.8 Å². The number of amides is 2. The molecule has 2 N–H and O–H groups in total. The molecule has 7 heteroatoms. The first-order chi connectivity index (χ1) is 9.90. The fourth-order valence-electron chi connectivity index (χ4n) is 2.26. The molecule has 0 aromatic heterocycles. The maximum absolute atomic E-state index is 13.5. The molecule has 114 valence electrons. The topological polar surface area (TPSA) is 69.6 Å². The Balaban J connectivity index is 2.00. The number of carboxylic acids is 1. The second-order valence-electron chi connectivity index (χ2n) is 5.03. The summed E-state index contributed by atoms with van der Waals surface area (Å²) in [6, 6.07) is 2.16. The molecule has 0 bridgehead atoms. The van der Waals surface area contributed by atoms with Crippen molar-refractivity contribution in [3.63, 3.8) is 0 Å². The van der Waals surface area contributed by atoms with Crippen LogP contribution in [0.3, 0.4) is 0 Å². The highest BCUT2D eigenvalue weighted by Crippen LogP contribution is 2.21. The molecule has 0 saturated carbocycles. The molecule has 0 unspecified atom stereocenters. The van der Waals surface area contributed by atoms with Gasteiger partial charge in [-0.3, -0.25) is 0 Å². The first-order valence-corrected chi connectivity index (χ1v) is 7.66. The number of hydrogen-bond acceptors (Lipinski definition) is 3. The first kappa shape index (κ1) is 15.6. The van der Waals surface area contributed by atoms with Crippen molar-refractivity contribution in [3.8, 4) is 0 Å². The number of carbonyl (C=O) groups excluding carboxylic acids is 1. The Kier molecular flexibility index (Phi) is 4.72. The highest BCUT2D eigenvalue weighted by Gasteiger charge is 2.34. The molecule has 0 spiro atoms. The maximum Gasteiger partial charge on any atom is 0.327 e. The van der Waals surface area contributed by atoms with Gasteiger partial charge in [-0.2, -0.15) is 0 Å². The monoisotopic (exact) mass is 312 g/mol. The van der Waals surface area contributed by atoms with Gasteiger partial charge < -0.3 is 15.3 Å². The standard InChI is InChI=1S/C14H17FN2O3S/c1-8-3-10(4-9(2)12(8)15)5-16-14(20)17-7-21-6-11(17)13(18)19/h3-4,11H,5-7H2,1-2H3,(H,16,20)(H,18,19)/t11-/m0/s1. The summed E-state index contributed by atoms with van der Waals surface area (Å²) < 4.78 is 13.5. The van der Waals surface area contributed by atoms with E-state index in [0.29, 0.717) is 22.8 Å². The van der Waals surface area contributed by atoms with E-state index in [4.69, 9.17) is 5.11 Å². The third-order valence-corrected chi connectivity index (χ3v) is 4.38. The first-order valence-electron chi connectivity index (χ1n) is 6.50. The number of thioether (sulfide) groups is 1. The number of rotatable bonds is 3. The summed E-state index contributed by atoms with van der Waals surface area (Å²) in [4.78, 5) is 24.4. The van der Waals surface area contributed by atoms with E-state index in [-0.39, 0.29) is 12.4 Å². The number of urea groups is 1. The van der Waals surface area contributed by atoms with Crippen LogP contribution in [-0.2, 0) is 11.3 Å². The van der Waals surface area contributed by atoms with Gasteiger partial charge in [0.2, 0.25) is 0 Å². The Bertz CT molecular complexity index is 556. The molecule has 2 amide bonds. The lowest BCUT2D eigenvalue weighted by Gasteiger charge is -2.21. The number of carbonyl (C=O) groups is 2. The Morgan fingerprint density at radius 2 is 2.05 bits per heavy atom. The fourth-order valence-corrected chi connectivity index (χ4v) is 3.41. The molecule has 1 aromatic carbocycles. The van der Waals surface area contributed by atoms with Gasteiger partial charge in [0, 0.05) is 12.3 Å². The molecule has 1 atom stereocenters. The van der Waals surface area contributed by atoms with Crippen molar-refractivity contribution in [2.24, 2.45) is 0 Å². The summed E-state index contributed by atoms with van der Waals surface area (Å²) in [5.41, 5.74) is 1.84. The second kappa shape index (κ2) is 6.34. The van der Waals surface area contributed by atoms with E-state index < -0.39 is 18.0 Å². The third-order valence-electron chi connectivity index (χ3n) is 3.37. The summed E-state index contributed by atoms with van der Waals surface area (Å²) in [7, 11) is 0. The molecule has 1 aliphatic rings. The minimum atomic E-state index is -0.997. The highest BCUT2D eigenvalue weighted by atomic mass is 32.2. The molecule has 1 aromatic rings. The normalized spacial score (nSPS) is 17.9. The molecule has 21 heavy (non-hydrogen) atoms. The number of nitrogens with one attached hydrogen (secondary N) is 1. The minimum Gasteiger partial charge on any atom is -0.480 e. The van der Waals surface area contributed by atoms with Crippen molar-refractivity contribution in [3.05, 3.63) is 34.6 Å². The Hall–Kier alpha value is -1.76. The van der Waals surface area contributed by atoms with E-state index in [1.807, 2.05) is 0 Å². The van der Waals surface area contributed by atoms with E-state index in [2.05, 4.69) is 5.32 Å². The molecule has 2 rings (SSSR count). The van der Waals surface area contributed by atoms with Crippen molar-refractivity contribution in [2.45, 2.75) is 26.4 Å². The van der Waals surface area contributed by atoms with E-state index in [1.54, 1.807) is 26.0 Å². The molecule has 5 nitrogen and oxygen atoms in total. The SMILES string of the molecule is Cc1cc(CNC(=O)N2CSC[C@H]2C(=O)O)cc(C)c1F. The zero-order valence-corrected chi connectivity index (χ0v) is 12.7. The van der Waals surface area contributed by atoms with Crippen molar-refractivity contribution < 1.29 is 19.1 Å². The molecule has 1 aliphatic heterocycles. The number of nitrogens with zero attached hydrogens (tertiary/aromatic N) is 1. The van der Waals surface area contributed by atoms with E-state index >= 15 is 0 Å². The summed E-state index contributed by atoms with van der Waals surface area (Å²) >= 11 is 1.41. The lowest BCUT2D eigenvalue weighted by atomic mass is 10.1. The number of carboxylic acid groups (broad SMARTS) is 1. The van der Waals surface area contributed by atoms with E-state index in [0.717, 1.165) is 5.56 Å². The van der Waals surface area contributed by atoms with Gasteiger partial charge in [0.25, 0.3) is 0 Å². The minimum absolute atomic E-state index is 0.244. The summed E-state index contributed by atoms with van der Waals surface area (Å²) in [6.07, 6.45) is 0. The van der Waals surface area contributed by atoms with Gasteiger partial charge >= 0.3 is 12.0 Å². The summed E-state index contributed by atoms with van der Waals surface area (Å²) in [5, 5.41) is 11.7. The van der Waals surface area contributed by atoms with E-state index in [9.17, 15) is 14.0 Å². The lowest BCUT2D eigenvalue weighted by molar-refractivity contribution is -0.140. The van der Waals surface area contributed by atoms with Crippen LogP contribution in [0.5, 0.6) is 0 Å². The van der Waals surface area contributed by atoms with Crippen molar-refractivity contribution in [2.75, 3.05) is 11.6 Å². The molecule has 1 fully saturated rings. The average Bonchev–Trinajstić information content (AvgIpc) is 2.91. The molecule has 1 heterocycles. The van der Waals surface area contributed by atoms with Crippen LogP contribution < -0.4 is 5.32 Å². The van der Waals surface area contributed by atoms with E-state index in [1.165, 1.54) is 16.7 Å². The number of aryl methyl sites for hydroxylation is 2. The van der Waals surface area contributed by atoms with Crippen molar-refractivity contribution in [1.82, 2.24) is 10.2 Å². The van der Waals surface area contributed by atoms with Crippen LogP contribution in [-0.4, -0.2) is 39.7 Å². The van der Waals surface area contributed by atoms with Crippen LogP contribution in [0.25, 0.3) is 0 Å². The number of halogens is 1. The Morgan fingerprint density at radius 3 is 2.62 bits per heavy atom. The highest BCUT2D eigenvalue weighted by molar-refractivity contribution is 7.99. The van der Waals surface area contributed by atoms with Crippen LogP contribution in [0.4, 0.5) is 9.18 Å². The van der Waals surface area contributed by atoms with Gasteiger partial charge in [0.05, 0.1) is 5.88 Å². The molecule has 1 saturated heterocycles. The fraction of sp³-hybridized carbons (Fsp3) is 0.429. The summed E-state index contributed by atoms with van der Waals surface area (Å²) in [6.45, 7) is 3.59. The van der Waals surface area contributed by atoms with Gasteiger partial charge in [-0.15, -0.1) is 11.8 Å². The second-order valence-corrected chi connectivity index (χ2v) is 6.03. The Labute approximate surface area is 126 Å².